The highest BCUT2D eigenvalue weighted by atomic mass is 16.5. The van der Waals surface area contributed by atoms with Crippen molar-refractivity contribution in [1.29, 1.82) is 0 Å². The number of carbonyl (C=O) groups excluding carboxylic acids is 1. The fourth-order valence-corrected chi connectivity index (χ4v) is 2.25. The highest BCUT2D eigenvalue weighted by Crippen LogP contribution is 2.20. The van der Waals surface area contributed by atoms with Crippen molar-refractivity contribution in [1.82, 2.24) is 5.32 Å². The Hall–Kier alpha value is -2.07. The van der Waals surface area contributed by atoms with E-state index in [9.17, 15) is 4.79 Å². The zero-order valence-corrected chi connectivity index (χ0v) is 12.6. The van der Waals surface area contributed by atoms with Gasteiger partial charge in [0.25, 0.3) is 0 Å². The molecular formula is C17H21NO3. The van der Waals surface area contributed by atoms with E-state index in [1.807, 2.05) is 56.3 Å². The highest BCUT2D eigenvalue weighted by molar-refractivity contribution is 5.78. The molecule has 112 valence electrons. The quantitative estimate of drug-likeness (QED) is 0.829. The van der Waals surface area contributed by atoms with Gasteiger partial charge in [-0.15, -0.1) is 0 Å². The fourth-order valence-electron chi connectivity index (χ4n) is 2.25. The molecule has 0 spiro atoms. The van der Waals surface area contributed by atoms with Crippen LogP contribution in [0.2, 0.25) is 0 Å². The van der Waals surface area contributed by atoms with E-state index < -0.39 is 0 Å². The summed E-state index contributed by atoms with van der Waals surface area (Å²) in [6, 6.07) is 13.6. The molecule has 2 rings (SSSR count). The lowest BCUT2D eigenvalue weighted by molar-refractivity contribution is -0.142. The Morgan fingerprint density at radius 2 is 1.95 bits per heavy atom. The SMILES string of the molecule is COC(=O)C(CNC(C)c1ccc(C)o1)c1ccccc1. The van der Waals surface area contributed by atoms with Crippen molar-refractivity contribution in [3.63, 3.8) is 0 Å². The minimum Gasteiger partial charge on any atom is -0.469 e. The predicted octanol–water partition coefficient (Wildman–Crippen LogP) is 3.20. The monoisotopic (exact) mass is 287 g/mol. The van der Waals surface area contributed by atoms with Crippen molar-refractivity contribution in [2.24, 2.45) is 0 Å². The smallest absolute Gasteiger partial charge is 0.314 e. The lowest BCUT2D eigenvalue weighted by Crippen LogP contribution is -2.29. The van der Waals surface area contributed by atoms with E-state index in [0.29, 0.717) is 6.54 Å². The third-order valence-electron chi connectivity index (χ3n) is 3.50. The topological polar surface area (TPSA) is 51.5 Å². The molecule has 0 fully saturated rings. The zero-order chi connectivity index (χ0) is 15.2. The maximum Gasteiger partial charge on any atom is 0.314 e. The lowest BCUT2D eigenvalue weighted by Gasteiger charge is -2.18. The molecule has 21 heavy (non-hydrogen) atoms. The van der Waals surface area contributed by atoms with Crippen molar-refractivity contribution >= 4 is 5.97 Å². The van der Waals surface area contributed by atoms with Crippen LogP contribution in [0.5, 0.6) is 0 Å². The Morgan fingerprint density at radius 3 is 2.52 bits per heavy atom. The number of esters is 1. The van der Waals surface area contributed by atoms with Gasteiger partial charge < -0.3 is 14.5 Å². The minimum absolute atomic E-state index is 0.0366. The molecule has 2 atom stereocenters. The largest absolute Gasteiger partial charge is 0.469 e. The van der Waals surface area contributed by atoms with Gasteiger partial charge >= 0.3 is 5.97 Å². The van der Waals surface area contributed by atoms with Gasteiger partial charge in [0.2, 0.25) is 0 Å². The number of rotatable bonds is 6. The molecule has 0 aliphatic heterocycles. The van der Waals surface area contributed by atoms with Gasteiger partial charge in [0.15, 0.2) is 0 Å². The summed E-state index contributed by atoms with van der Waals surface area (Å²) in [7, 11) is 1.41. The van der Waals surface area contributed by atoms with E-state index in [4.69, 9.17) is 9.15 Å². The van der Waals surface area contributed by atoms with E-state index in [1.54, 1.807) is 0 Å². The van der Waals surface area contributed by atoms with Gasteiger partial charge in [-0.2, -0.15) is 0 Å². The first kappa shape index (κ1) is 15.3. The normalized spacial score (nSPS) is 13.7. The van der Waals surface area contributed by atoms with E-state index in [0.717, 1.165) is 17.1 Å². The third kappa shape index (κ3) is 3.95. The summed E-state index contributed by atoms with van der Waals surface area (Å²) in [4.78, 5) is 12.0. The number of aryl methyl sites for hydroxylation is 1. The van der Waals surface area contributed by atoms with Gasteiger partial charge in [0, 0.05) is 6.54 Å². The Bertz CT molecular complexity index is 577. The maximum absolute atomic E-state index is 12.0. The summed E-state index contributed by atoms with van der Waals surface area (Å²) >= 11 is 0. The molecule has 0 saturated heterocycles. The van der Waals surface area contributed by atoms with E-state index in [-0.39, 0.29) is 17.9 Å². The van der Waals surface area contributed by atoms with Gasteiger partial charge in [-0.3, -0.25) is 4.79 Å². The van der Waals surface area contributed by atoms with Crippen LogP contribution in [0.25, 0.3) is 0 Å². The number of ether oxygens (including phenoxy) is 1. The average molecular weight is 287 g/mol. The van der Waals surface area contributed by atoms with Crippen molar-refractivity contribution in [3.8, 4) is 0 Å². The van der Waals surface area contributed by atoms with Crippen LogP contribution in [0.3, 0.4) is 0 Å². The molecule has 1 aromatic heterocycles. The molecular weight excluding hydrogens is 266 g/mol. The first-order valence-corrected chi connectivity index (χ1v) is 7.04. The Kier molecular flexibility index (Phi) is 5.17. The van der Waals surface area contributed by atoms with Gasteiger partial charge in [-0.1, -0.05) is 30.3 Å². The molecule has 0 aliphatic rings. The molecule has 1 N–H and O–H groups in total. The van der Waals surface area contributed by atoms with E-state index in [1.165, 1.54) is 7.11 Å². The van der Waals surface area contributed by atoms with Crippen LogP contribution in [0, 0.1) is 6.92 Å². The van der Waals surface area contributed by atoms with Crippen LogP contribution >= 0.6 is 0 Å². The zero-order valence-electron chi connectivity index (χ0n) is 12.6. The number of carbonyl (C=O) groups is 1. The second-order valence-electron chi connectivity index (χ2n) is 5.06. The second kappa shape index (κ2) is 7.09. The first-order chi connectivity index (χ1) is 10.1. The molecule has 4 heteroatoms. The minimum atomic E-state index is -0.324. The molecule has 4 nitrogen and oxygen atoms in total. The number of hydrogen-bond donors (Lipinski definition) is 1. The van der Waals surface area contributed by atoms with Crippen molar-refractivity contribution < 1.29 is 13.9 Å². The van der Waals surface area contributed by atoms with Crippen LogP contribution in [0.1, 0.15) is 36.0 Å². The molecule has 0 amide bonds. The Balaban J connectivity index is 2.04. The van der Waals surface area contributed by atoms with Gasteiger partial charge in [-0.25, -0.2) is 0 Å². The molecule has 0 aliphatic carbocycles. The lowest BCUT2D eigenvalue weighted by atomic mass is 9.99. The van der Waals surface area contributed by atoms with Gasteiger partial charge in [-0.05, 0) is 31.5 Å². The summed E-state index contributed by atoms with van der Waals surface area (Å²) in [5.41, 5.74) is 0.944. The second-order valence-corrected chi connectivity index (χ2v) is 5.06. The fraction of sp³-hybridized carbons (Fsp3) is 0.353. The van der Waals surface area contributed by atoms with Crippen LogP contribution < -0.4 is 5.32 Å². The molecule has 0 bridgehead atoms. The van der Waals surface area contributed by atoms with Crippen LogP contribution in [-0.4, -0.2) is 19.6 Å². The summed E-state index contributed by atoms with van der Waals surface area (Å²) in [5, 5.41) is 3.33. The maximum atomic E-state index is 12.0. The van der Waals surface area contributed by atoms with Crippen molar-refractivity contribution in [3.05, 3.63) is 59.5 Å². The molecule has 0 saturated carbocycles. The first-order valence-electron chi connectivity index (χ1n) is 7.04. The summed E-state index contributed by atoms with van der Waals surface area (Å²) in [6.45, 7) is 4.42. The summed E-state index contributed by atoms with van der Waals surface area (Å²) in [6.07, 6.45) is 0. The van der Waals surface area contributed by atoms with Gasteiger partial charge in [0.05, 0.1) is 19.1 Å². The summed E-state index contributed by atoms with van der Waals surface area (Å²) < 4.78 is 10.5. The number of benzene rings is 1. The average Bonchev–Trinajstić information content (AvgIpc) is 2.94. The molecule has 2 unspecified atom stereocenters. The molecule has 1 aromatic carbocycles. The standard InChI is InChI=1S/C17H21NO3/c1-12-9-10-16(21-12)13(2)18-11-15(17(19)20-3)14-7-5-4-6-8-14/h4-10,13,15,18H,11H2,1-3H3. The van der Waals surface area contributed by atoms with Crippen LogP contribution in [0.4, 0.5) is 0 Å². The molecule has 1 heterocycles. The van der Waals surface area contributed by atoms with Crippen molar-refractivity contribution in [2.45, 2.75) is 25.8 Å². The van der Waals surface area contributed by atoms with Crippen molar-refractivity contribution in [2.75, 3.05) is 13.7 Å². The third-order valence-corrected chi connectivity index (χ3v) is 3.50. The Labute approximate surface area is 125 Å². The van der Waals surface area contributed by atoms with E-state index in [2.05, 4.69) is 5.32 Å². The molecule has 2 aromatic rings. The number of furan rings is 1. The summed E-state index contributed by atoms with van der Waals surface area (Å²) in [5.74, 6) is 1.18. The van der Waals surface area contributed by atoms with Crippen LogP contribution in [-0.2, 0) is 9.53 Å². The van der Waals surface area contributed by atoms with Crippen LogP contribution in [0.15, 0.2) is 46.9 Å². The number of nitrogens with one attached hydrogen (secondary N) is 1. The number of methoxy groups -OCH3 is 1. The number of hydrogen-bond acceptors (Lipinski definition) is 4. The van der Waals surface area contributed by atoms with E-state index >= 15 is 0 Å². The molecule has 0 radical (unpaired) electrons. The van der Waals surface area contributed by atoms with Gasteiger partial charge in [0.1, 0.15) is 11.5 Å². The highest BCUT2D eigenvalue weighted by Gasteiger charge is 2.22. The Morgan fingerprint density at radius 1 is 1.24 bits per heavy atom. The predicted molar refractivity (Wildman–Crippen MR) is 81.1 cm³/mol.